The molecule has 10 nitrogen and oxygen atoms in total. The topological polar surface area (TPSA) is 114 Å². The van der Waals surface area contributed by atoms with Gasteiger partial charge in [-0.2, -0.15) is 0 Å². The van der Waals surface area contributed by atoms with Gasteiger partial charge in [-0.05, 0) is 25.0 Å². The van der Waals surface area contributed by atoms with E-state index in [4.69, 9.17) is 28.4 Å². The van der Waals surface area contributed by atoms with Gasteiger partial charge in [-0.25, -0.2) is 0 Å². The van der Waals surface area contributed by atoms with Crippen LogP contribution >= 0.6 is 0 Å². The first-order valence-corrected chi connectivity index (χ1v) is 11.6. The molecule has 1 aromatic rings. The molecular formula is C26H35N2O8. The van der Waals surface area contributed by atoms with Gasteiger partial charge in [-0.1, -0.05) is 13.8 Å². The van der Waals surface area contributed by atoms with Crippen molar-refractivity contribution in [3.8, 4) is 11.5 Å². The third kappa shape index (κ3) is 6.81. The van der Waals surface area contributed by atoms with Crippen LogP contribution in [0.1, 0.15) is 42.6 Å². The SMILES string of the molecule is CCCNC(=O)C1=C=CC(OC)=C(OCOC)[C]1c1c(C(=O)NCCC)ccc(OC)c1OCOC. The van der Waals surface area contributed by atoms with Gasteiger partial charge in [0.05, 0.1) is 19.8 Å². The molecule has 2 amide bonds. The predicted octanol–water partition coefficient (Wildman–Crippen LogP) is 2.84. The highest BCUT2D eigenvalue weighted by molar-refractivity contribution is 6.04. The third-order valence-corrected chi connectivity index (χ3v) is 5.04. The van der Waals surface area contributed by atoms with Crippen molar-refractivity contribution < 1.29 is 38.0 Å². The first-order valence-electron chi connectivity index (χ1n) is 11.6. The standard InChI is InChI=1S/C26H35N2O8/c1-7-13-27-25(29)17-9-11-19(33-5)23(35-15-31-3)21(17)22-18(26(30)28-14-8-2)10-12-20(34-6)24(22)36-16-32-4/h9,11-12H,7-8,13-16H2,1-6H3,(H,27,29)(H,28,30). The lowest BCUT2D eigenvalue weighted by Gasteiger charge is -2.28. The average Bonchev–Trinajstić information content (AvgIpc) is 2.90. The number of hydrogen-bond donors (Lipinski definition) is 2. The van der Waals surface area contributed by atoms with Gasteiger partial charge in [0.15, 0.2) is 36.6 Å². The van der Waals surface area contributed by atoms with Gasteiger partial charge < -0.3 is 39.1 Å². The molecule has 0 spiro atoms. The fraction of sp³-hybridized carbons (Fsp3) is 0.462. The smallest absolute Gasteiger partial charge is 0.256 e. The van der Waals surface area contributed by atoms with E-state index in [-0.39, 0.29) is 59.4 Å². The summed E-state index contributed by atoms with van der Waals surface area (Å²) >= 11 is 0. The lowest BCUT2D eigenvalue weighted by molar-refractivity contribution is -0.117. The largest absolute Gasteiger partial charge is 0.493 e. The van der Waals surface area contributed by atoms with Crippen molar-refractivity contribution in [3.05, 3.63) is 58.1 Å². The van der Waals surface area contributed by atoms with E-state index in [1.165, 1.54) is 34.5 Å². The van der Waals surface area contributed by atoms with Crippen LogP contribution in [0, 0.1) is 5.92 Å². The molecule has 0 saturated carbocycles. The minimum atomic E-state index is -0.405. The van der Waals surface area contributed by atoms with Crippen LogP contribution in [-0.2, 0) is 23.7 Å². The quantitative estimate of drug-likeness (QED) is 0.278. The van der Waals surface area contributed by atoms with Crippen molar-refractivity contribution >= 4 is 11.8 Å². The molecule has 0 bridgehead atoms. The molecular weight excluding hydrogens is 468 g/mol. The number of allylic oxidation sites excluding steroid dienone is 2. The number of amides is 2. The Hall–Kier alpha value is -3.46. The summed E-state index contributed by atoms with van der Waals surface area (Å²) in [5, 5.41) is 5.74. The van der Waals surface area contributed by atoms with Crippen molar-refractivity contribution in [1.82, 2.24) is 10.6 Å². The summed E-state index contributed by atoms with van der Waals surface area (Å²) in [5.41, 5.74) is 3.63. The molecule has 0 aromatic heterocycles. The Morgan fingerprint density at radius 2 is 1.50 bits per heavy atom. The molecule has 1 aliphatic carbocycles. The monoisotopic (exact) mass is 503 g/mol. The van der Waals surface area contributed by atoms with E-state index in [0.29, 0.717) is 18.8 Å². The summed E-state index contributed by atoms with van der Waals surface area (Å²) in [6.07, 6.45) is 2.97. The van der Waals surface area contributed by atoms with Crippen LogP contribution in [0.5, 0.6) is 11.5 Å². The number of nitrogens with one attached hydrogen (secondary N) is 2. The molecule has 0 aliphatic heterocycles. The number of carbonyl (C=O) groups excluding carboxylic acids is 2. The zero-order valence-electron chi connectivity index (χ0n) is 21.7. The van der Waals surface area contributed by atoms with Crippen molar-refractivity contribution in [2.24, 2.45) is 0 Å². The second-order valence-corrected chi connectivity index (χ2v) is 7.57. The van der Waals surface area contributed by atoms with Gasteiger partial charge >= 0.3 is 0 Å². The third-order valence-electron chi connectivity index (χ3n) is 5.04. The van der Waals surface area contributed by atoms with Crippen LogP contribution < -0.4 is 20.1 Å². The van der Waals surface area contributed by atoms with Crippen LogP contribution in [0.15, 0.2) is 41.0 Å². The summed E-state index contributed by atoms with van der Waals surface area (Å²) in [6, 6.07) is 3.22. The van der Waals surface area contributed by atoms with Crippen molar-refractivity contribution in [3.63, 3.8) is 0 Å². The van der Waals surface area contributed by atoms with Crippen molar-refractivity contribution in [2.75, 3.05) is 55.1 Å². The fourth-order valence-corrected chi connectivity index (χ4v) is 3.43. The van der Waals surface area contributed by atoms with E-state index in [1.54, 1.807) is 12.1 Å². The Morgan fingerprint density at radius 3 is 2.08 bits per heavy atom. The predicted molar refractivity (Wildman–Crippen MR) is 132 cm³/mol. The van der Waals surface area contributed by atoms with E-state index in [0.717, 1.165) is 12.8 Å². The summed E-state index contributed by atoms with van der Waals surface area (Å²) in [6.45, 7) is 4.52. The summed E-state index contributed by atoms with van der Waals surface area (Å²) in [7, 11) is 5.88. The maximum Gasteiger partial charge on any atom is 0.256 e. The highest BCUT2D eigenvalue weighted by Gasteiger charge is 2.39. The van der Waals surface area contributed by atoms with Gasteiger partial charge in [-0.3, -0.25) is 9.59 Å². The molecule has 0 fully saturated rings. The summed E-state index contributed by atoms with van der Waals surface area (Å²) < 4.78 is 33.1. The van der Waals surface area contributed by atoms with Gasteiger partial charge in [0.2, 0.25) is 0 Å². The van der Waals surface area contributed by atoms with E-state index < -0.39 is 5.91 Å². The highest BCUT2D eigenvalue weighted by Crippen LogP contribution is 2.46. The number of rotatable bonds is 15. The van der Waals surface area contributed by atoms with Gasteiger partial charge in [0.25, 0.3) is 11.8 Å². The zero-order valence-corrected chi connectivity index (χ0v) is 21.7. The van der Waals surface area contributed by atoms with Crippen molar-refractivity contribution in [1.29, 1.82) is 0 Å². The number of hydrogen-bond acceptors (Lipinski definition) is 8. The number of ether oxygens (including phenoxy) is 6. The Morgan fingerprint density at radius 1 is 0.861 bits per heavy atom. The molecule has 197 valence electrons. The Bertz CT molecular complexity index is 1010. The van der Waals surface area contributed by atoms with Gasteiger partial charge in [0, 0.05) is 44.5 Å². The van der Waals surface area contributed by atoms with E-state index in [1.807, 2.05) is 13.8 Å². The van der Waals surface area contributed by atoms with Crippen LogP contribution in [-0.4, -0.2) is 66.9 Å². The first kappa shape index (κ1) is 28.8. The van der Waals surface area contributed by atoms with Crippen LogP contribution in [0.3, 0.4) is 0 Å². The van der Waals surface area contributed by atoms with Crippen LogP contribution in [0.2, 0.25) is 0 Å². The molecule has 0 unspecified atom stereocenters. The van der Waals surface area contributed by atoms with Gasteiger partial charge in [0.1, 0.15) is 5.92 Å². The minimum absolute atomic E-state index is 0.135. The van der Waals surface area contributed by atoms with E-state index >= 15 is 0 Å². The normalized spacial score (nSPS) is 13.2. The molecule has 0 heterocycles. The fourth-order valence-electron chi connectivity index (χ4n) is 3.43. The lowest BCUT2D eigenvalue weighted by atomic mass is 9.82. The molecule has 36 heavy (non-hydrogen) atoms. The molecule has 0 atom stereocenters. The first-order chi connectivity index (χ1) is 17.5. The average molecular weight is 504 g/mol. The molecule has 10 heteroatoms. The molecule has 2 rings (SSSR count). The zero-order chi connectivity index (χ0) is 26.5. The summed E-state index contributed by atoms with van der Waals surface area (Å²) in [5.74, 6) is 0.460. The lowest BCUT2D eigenvalue weighted by Crippen LogP contribution is -2.32. The number of carbonyl (C=O) groups is 2. The van der Waals surface area contributed by atoms with Crippen LogP contribution in [0.25, 0.3) is 0 Å². The Balaban J connectivity index is 2.89. The molecule has 1 radical (unpaired) electrons. The number of benzene rings is 1. The molecule has 2 N–H and O–H groups in total. The molecule has 0 saturated heterocycles. The minimum Gasteiger partial charge on any atom is -0.493 e. The molecule has 1 aromatic carbocycles. The second-order valence-electron chi connectivity index (χ2n) is 7.57. The highest BCUT2D eigenvalue weighted by atomic mass is 16.7. The second kappa shape index (κ2) is 14.8. The maximum atomic E-state index is 13.3. The molecule has 1 aliphatic rings. The Kier molecular flexibility index (Phi) is 11.9. The maximum absolute atomic E-state index is 13.3. The van der Waals surface area contributed by atoms with E-state index in [9.17, 15) is 9.59 Å². The van der Waals surface area contributed by atoms with Crippen LogP contribution in [0.4, 0.5) is 0 Å². The van der Waals surface area contributed by atoms with Crippen molar-refractivity contribution in [2.45, 2.75) is 26.7 Å². The Labute approximate surface area is 212 Å². The number of methoxy groups -OCH3 is 4. The van der Waals surface area contributed by atoms with Gasteiger partial charge in [-0.15, -0.1) is 5.73 Å². The summed E-state index contributed by atoms with van der Waals surface area (Å²) in [4.78, 5) is 26.6. The van der Waals surface area contributed by atoms with E-state index in [2.05, 4.69) is 16.4 Å².